The number of carbonyl (C=O) groups is 2. The van der Waals surface area contributed by atoms with Crippen molar-refractivity contribution in [2.75, 3.05) is 12.3 Å². The summed E-state index contributed by atoms with van der Waals surface area (Å²) in [6, 6.07) is 14.8. The van der Waals surface area contributed by atoms with Gasteiger partial charge in [0.25, 0.3) is 0 Å². The molecule has 4 rings (SSSR count). The van der Waals surface area contributed by atoms with Gasteiger partial charge in [0, 0.05) is 23.7 Å². The number of benzene rings is 1. The van der Waals surface area contributed by atoms with E-state index in [4.69, 9.17) is 23.1 Å². The molecule has 0 radical (unpaired) electrons. The highest BCUT2D eigenvalue weighted by molar-refractivity contribution is 7.19. The van der Waals surface area contributed by atoms with Crippen molar-refractivity contribution in [2.45, 2.75) is 45.3 Å². The number of hydrogen-bond donors (Lipinski definition) is 3. The summed E-state index contributed by atoms with van der Waals surface area (Å²) in [6.07, 6.45) is 1.41. The molecule has 35 heavy (non-hydrogen) atoms. The third-order valence-corrected chi connectivity index (χ3v) is 7.93. The number of likely N-dealkylation sites (tertiary alicyclic amines) is 1. The van der Waals surface area contributed by atoms with Gasteiger partial charge in [-0.1, -0.05) is 41.9 Å². The van der Waals surface area contributed by atoms with Gasteiger partial charge in [-0.25, -0.2) is 4.98 Å². The fourth-order valence-electron chi connectivity index (χ4n) is 4.79. The zero-order chi connectivity index (χ0) is 25.1. The molecule has 1 aliphatic heterocycles. The van der Waals surface area contributed by atoms with Crippen LogP contribution < -0.4 is 16.8 Å². The summed E-state index contributed by atoms with van der Waals surface area (Å²) < 4.78 is 0.750. The number of rotatable bonds is 8. The standard InChI is InChI=1S/C26H30ClN5O2S/c1-15-19(7-10-24(28)31-15)13-30-26(34)16(2)32-14-17(12-21(32)25(29)33)11-18-5-3-4-6-20(18)22-8-9-23(27)35-22/h3-10,16-17,21H,11-14H2,1-2H3,(H2,28,31)(H2,29,33)(H,30,34)/t16-,17?,21?/m0/s1. The molecule has 7 nitrogen and oxygen atoms in total. The molecule has 1 fully saturated rings. The van der Waals surface area contributed by atoms with Crippen molar-refractivity contribution in [3.63, 3.8) is 0 Å². The number of nitrogens with two attached hydrogens (primary N) is 2. The maximum atomic E-state index is 13.0. The number of pyridine rings is 1. The third-order valence-electron chi connectivity index (χ3n) is 6.67. The number of nitrogens with zero attached hydrogens (tertiary/aromatic N) is 2. The highest BCUT2D eigenvalue weighted by Crippen LogP contribution is 2.36. The predicted molar refractivity (Wildman–Crippen MR) is 141 cm³/mol. The molecule has 3 heterocycles. The monoisotopic (exact) mass is 511 g/mol. The molecule has 1 aromatic carbocycles. The minimum atomic E-state index is -0.495. The lowest BCUT2D eigenvalue weighted by molar-refractivity contribution is -0.129. The van der Waals surface area contributed by atoms with E-state index in [0.717, 1.165) is 32.5 Å². The van der Waals surface area contributed by atoms with Crippen LogP contribution in [-0.2, 0) is 22.6 Å². The summed E-state index contributed by atoms with van der Waals surface area (Å²) in [4.78, 5) is 32.6. The van der Waals surface area contributed by atoms with Gasteiger partial charge in [0.1, 0.15) is 5.82 Å². The maximum Gasteiger partial charge on any atom is 0.237 e. The van der Waals surface area contributed by atoms with E-state index in [2.05, 4.69) is 22.4 Å². The van der Waals surface area contributed by atoms with Crippen molar-refractivity contribution in [1.82, 2.24) is 15.2 Å². The van der Waals surface area contributed by atoms with Crippen molar-refractivity contribution in [2.24, 2.45) is 11.7 Å². The number of nitrogen functional groups attached to an aromatic ring is 1. The van der Waals surface area contributed by atoms with Gasteiger partial charge in [-0.3, -0.25) is 14.5 Å². The van der Waals surface area contributed by atoms with Gasteiger partial charge in [0.05, 0.1) is 16.4 Å². The normalized spacial score (nSPS) is 18.9. The van der Waals surface area contributed by atoms with Crippen LogP contribution in [-0.4, -0.2) is 40.3 Å². The van der Waals surface area contributed by atoms with Crippen molar-refractivity contribution in [1.29, 1.82) is 0 Å². The molecular formula is C26H30ClN5O2S. The first kappa shape index (κ1) is 25.2. The molecule has 2 unspecified atom stereocenters. The number of aryl methyl sites for hydroxylation is 1. The minimum Gasteiger partial charge on any atom is -0.384 e. The van der Waals surface area contributed by atoms with Crippen LogP contribution in [0, 0.1) is 12.8 Å². The molecule has 0 saturated carbocycles. The second kappa shape index (κ2) is 10.8. The Morgan fingerprint density at radius 3 is 2.66 bits per heavy atom. The number of amides is 2. The summed E-state index contributed by atoms with van der Waals surface area (Å²) in [5.41, 5.74) is 15.5. The van der Waals surface area contributed by atoms with Crippen LogP contribution in [0.15, 0.2) is 48.5 Å². The molecule has 0 spiro atoms. The van der Waals surface area contributed by atoms with Gasteiger partial charge in [0.2, 0.25) is 11.8 Å². The lowest BCUT2D eigenvalue weighted by Gasteiger charge is -2.28. The second-order valence-electron chi connectivity index (χ2n) is 9.06. The minimum absolute atomic E-state index is 0.151. The van der Waals surface area contributed by atoms with Gasteiger partial charge >= 0.3 is 0 Å². The fraction of sp³-hybridized carbons (Fsp3) is 0.346. The quantitative estimate of drug-likeness (QED) is 0.426. The van der Waals surface area contributed by atoms with Gasteiger partial charge < -0.3 is 16.8 Å². The molecular weight excluding hydrogens is 482 g/mol. The van der Waals surface area contributed by atoms with Crippen molar-refractivity contribution < 1.29 is 9.59 Å². The summed E-state index contributed by atoms with van der Waals surface area (Å²) in [5, 5.41) is 2.97. The van der Waals surface area contributed by atoms with E-state index >= 15 is 0 Å². The number of thiophene rings is 1. The lowest BCUT2D eigenvalue weighted by atomic mass is 9.93. The average molecular weight is 512 g/mol. The third kappa shape index (κ3) is 5.83. The van der Waals surface area contributed by atoms with Crippen molar-refractivity contribution in [3.8, 4) is 10.4 Å². The number of primary amides is 1. The topological polar surface area (TPSA) is 114 Å². The van der Waals surface area contributed by atoms with Crippen LogP contribution in [0.25, 0.3) is 10.4 Å². The van der Waals surface area contributed by atoms with Gasteiger partial charge in [0.15, 0.2) is 0 Å². The van der Waals surface area contributed by atoms with Gasteiger partial charge in [-0.2, -0.15) is 0 Å². The van der Waals surface area contributed by atoms with E-state index in [0.29, 0.717) is 25.3 Å². The Morgan fingerprint density at radius 2 is 1.97 bits per heavy atom. The number of carbonyl (C=O) groups excluding carboxylic acids is 2. The highest BCUT2D eigenvalue weighted by atomic mass is 35.5. The zero-order valence-corrected chi connectivity index (χ0v) is 21.4. The molecule has 1 saturated heterocycles. The van der Waals surface area contributed by atoms with Crippen LogP contribution >= 0.6 is 22.9 Å². The molecule has 3 atom stereocenters. The van der Waals surface area contributed by atoms with E-state index in [1.807, 2.05) is 49.1 Å². The molecule has 0 aliphatic carbocycles. The van der Waals surface area contributed by atoms with Crippen molar-refractivity contribution >= 4 is 40.6 Å². The largest absolute Gasteiger partial charge is 0.384 e. The average Bonchev–Trinajstić information content (AvgIpc) is 3.44. The number of anilines is 1. The van der Waals surface area contributed by atoms with Crippen molar-refractivity contribution in [3.05, 3.63) is 69.7 Å². The fourth-order valence-corrected chi connectivity index (χ4v) is 5.90. The Balaban J connectivity index is 1.45. The smallest absolute Gasteiger partial charge is 0.237 e. The first-order valence-electron chi connectivity index (χ1n) is 11.6. The zero-order valence-electron chi connectivity index (χ0n) is 19.8. The number of nitrogens with one attached hydrogen (secondary N) is 1. The Labute approximate surface area is 214 Å². The first-order valence-corrected chi connectivity index (χ1v) is 12.8. The van der Waals surface area contributed by atoms with E-state index in [9.17, 15) is 9.59 Å². The Bertz CT molecular complexity index is 1230. The van der Waals surface area contributed by atoms with E-state index in [1.165, 1.54) is 5.56 Å². The Morgan fingerprint density at radius 1 is 1.20 bits per heavy atom. The van der Waals surface area contributed by atoms with Crippen LogP contribution in [0.2, 0.25) is 4.34 Å². The van der Waals surface area contributed by atoms with Crippen LogP contribution in [0.5, 0.6) is 0 Å². The molecule has 5 N–H and O–H groups in total. The second-order valence-corrected chi connectivity index (χ2v) is 10.8. The Kier molecular flexibility index (Phi) is 7.74. The maximum absolute atomic E-state index is 13.0. The number of hydrogen-bond acceptors (Lipinski definition) is 6. The van der Waals surface area contributed by atoms with Crippen LogP contribution in [0.1, 0.15) is 30.2 Å². The van der Waals surface area contributed by atoms with E-state index in [-0.39, 0.29) is 11.8 Å². The Hall–Kier alpha value is -2.94. The summed E-state index contributed by atoms with van der Waals surface area (Å²) in [5.74, 6) is 0.0933. The van der Waals surface area contributed by atoms with Gasteiger partial charge in [-0.05, 0) is 67.5 Å². The molecule has 3 aromatic rings. The number of aromatic nitrogens is 1. The molecule has 184 valence electrons. The first-order chi connectivity index (χ1) is 16.7. The molecule has 9 heteroatoms. The molecule has 2 amide bonds. The molecule has 1 aliphatic rings. The van der Waals surface area contributed by atoms with E-state index in [1.54, 1.807) is 17.4 Å². The summed E-state index contributed by atoms with van der Waals surface area (Å²) in [6.45, 7) is 4.64. The van der Waals surface area contributed by atoms with Gasteiger partial charge in [-0.15, -0.1) is 11.3 Å². The molecule has 2 aromatic heterocycles. The highest BCUT2D eigenvalue weighted by Gasteiger charge is 2.40. The molecule has 0 bridgehead atoms. The summed E-state index contributed by atoms with van der Waals surface area (Å²) in [7, 11) is 0. The number of halogens is 1. The SMILES string of the molecule is Cc1nc(N)ccc1CNC(=O)[C@H](C)N1CC(Cc2ccccc2-c2ccc(Cl)s2)CC1C(N)=O. The summed E-state index contributed by atoms with van der Waals surface area (Å²) >= 11 is 7.71. The predicted octanol–water partition coefficient (Wildman–Crippen LogP) is 3.78. The van der Waals surface area contributed by atoms with E-state index < -0.39 is 18.0 Å². The van der Waals surface area contributed by atoms with Crippen LogP contribution in [0.4, 0.5) is 5.82 Å². The van der Waals surface area contributed by atoms with Crippen LogP contribution in [0.3, 0.4) is 0 Å². The lowest BCUT2D eigenvalue weighted by Crippen LogP contribution is -2.51.